The number of hydrogen-bond acceptors (Lipinski definition) is 4. The van der Waals surface area contributed by atoms with Crippen LogP contribution in [0.15, 0.2) is 42.0 Å². The van der Waals surface area contributed by atoms with E-state index in [1.807, 2.05) is 40.9 Å². The molecule has 24 heavy (non-hydrogen) atoms. The average molecular weight is 347 g/mol. The maximum absolute atomic E-state index is 4.66. The Morgan fingerprint density at radius 3 is 2.96 bits per heavy atom. The molecule has 2 rings (SSSR count). The van der Waals surface area contributed by atoms with Crippen LogP contribution in [0.3, 0.4) is 0 Å². The summed E-state index contributed by atoms with van der Waals surface area (Å²) < 4.78 is 1.89. The summed E-state index contributed by atoms with van der Waals surface area (Å²) in [5, 5.41) is 6.68. The second kappa shape index (κ2) is 10.7. The lowest BCUT2D eigenvalue weighted by Crippen LogP contribution is -2.37. The van der Waals surface area contributed by atoms with Crippen molar-refractivity contribution in [1.29, 1.82) is 0 Å². The predicted molar refractivity (Wildman–Crippen MR) is 102 cm³/mol. The van der Waals surface area contributed by atoms with Crippen LogP contribution in [0.25, 0.3) is 5.82 Å². The zero-order valence-electron chi connectivity index (χ0n) is 14.4. The Kier molecular flexibility index (Phi) is 8.17. The molecule has 0 aromatic carbocycles. The molecule has 2 heterocycles. The third-order valence-electron chi connectivity index (χ3n) is 3.41. The van der Waals surface area contributed by atoms with Crippen LogP contribution < -0.4 is 10.6 Å². The van der Waals surface area contributed by atoms with Crippen LogP contribution in [0.4, 0.5) is 0 Å². The van der Waals surface area contributed by atoms with Gasteiger partial charge in [0.1, 0.15) is 12.1 Å². The number of hydrogen-bond donors (Lipinski definition) is 2. The Morgan fingerprint density at radius 2 is 2.21 bits per heavy atom. The quantitative estimate of drug-likeness (QED) is 0.415. The maximum Gasteiger partial charge on any atom is 0.191 e. The number of imidazole rings is 1. The van der Waals surface area contributed by atoms with Gasteiger partial charge in [-0.15, -0.1) is 0 Å². The van der Waals surface area contributed by atoms with Crippen molar-refractivity contribution < 1.29 is 0 Å². The molecule has 0 aliphatic rings. The fraction of sp³-hybridized carbons (Fsp3) is 0.471. The zero-order valence-corrected chi connectivity index (χ0v) is 15.2. The van der Waals surface area contributed by atoms with Crippen LogP contribution in [0.5, 0.6) is 0 Å². The molecule has 0 aliphatic carbocycles. The number of pyridine rings is 1. The standard InChI is InChI=1S/C17H26N6S/c1-3-19-17(21-7-4-5-11-24-2)22-13-15-6-8-20-16(12-15)23-10-9-18-14-23/h6,8-10,12,14H,3-5,7,11,13H2,1-2H3,(H2,19,21,22). The van der Waals surface area contributed by atoms with E-state index in [-0.39, 0.29) is 0 Å². The molecule has 0 saturated carbocycles. The van der Waals surface area contributed by atoms with Crippen molar-refractivity contribution in [3.63, 3.8) is 0 Å². The lowest BCUT2D eigenvalue weighted by atomic mass is 10.2. The van der Waals surface area contributed by atoms with Gasteiger partial charge in [-0.2, -0.15) is 11.8 Å². The molecule has 0 aliphatic heterocycles. The molecule has 0 spiro atoms. The van der Waals surface area contributed by atoms with E-state index in [2.05, 4.69) is 38.8 Å². The van der Waals surface area contributed by atoms with E-state index >= 15 is 0 Å². The lowest BCUT2D eigenvalue weighted by Gasteiger charge is -2.11. The van der Waals surface area contributed by atoms with Crippen LogP contribution in [0.2, 0.25) is 0 Å². The van der Waals surface area contributed by atoms with Crippen LogP contribution >= 0.6 is 11.8 Å². The van der Waals surface area contributed by atoms with Gasteiger partial charge in [0.25, 0.3) is 0 Å². The zero-order chi connectivity index (χ0) is 17.0. The summed E-state index contributed by atoms with van der Waals surface area (Å²) in [5.74, 6) is 2.93. The highest BCUT2D eigenvalue weighted by atomic mass is 32.2. The van der Waals surface area contributed by atoms with Crippen molar-refractivity contribution in [2.45, 2.75) is 26.3 Å². The fourth-order valence-electron chi connectivity index (χ4n) is 2.19. The highest BCUT2D eigenvalue weighted by Crippen LogP contribution is 2.08. The molecule has 0 saturated heterocycles. The topological polar surface area (TPSA) is 67.1 Å². The fourth-order valence-corrected chi connectivity index (χ4v) is 2.68. The molecule has 0 radical (unpaired) electrons. The van der Waals surface area contributed by atoms with Gasteiger partial charge in [-0.25, -0.2) is 15.0 Å². The van der Waals surface area contributed by atoms with E-state index in [1.54, 1.807) is 12.5 Å². The second-order valence-corrected chi connectivity index (χ2v) is 6.30. The molecule has 0 unspecified atom stereocenters. The molecule has 2 N–H and O–H groups in total. The van der Waals surface area contributed by atoms with Crippen LogP contribution in [-0.4, -0.2) is 45.6 Å². The minimum atomic E-state index is 0.615. The maximum atomic E-state index is 4.66. The number of unbranched alkanes of at least 4 members (excludes halogenated alkanes) is 1. The number of guanidine groups is 1. The lowest BCUT2D eigenvalue weighted by molar-refractivity contribution is 0.734. The highest BCUT2D eigenvalue weighted by Gasteiger charge is 2.01. The van der Waals surface area contributed by atoms with Crippen molar-refractivity contribution in [2.75, 3.05) is 25.1 Å². The molecule has 0 atom stereocenters. The summed E-state index contributed by atoms with van der Waals surface area (Å²) in [5.41, 5.74) is 1.12. The second-order valence-electron chi connectivity index (χ2n) is 5.31. The minimum Gasteiger partial charge on any atom is -0.357 e. The molecule has 6 nitrogen and oxygen atoms in total. The summed E-state index contributed by atoms with van der Waals surface area (Å²) in [6.07, 6.45) is 11.7. The summed E-state index contributed by atoms with van der Waals surface area (Å²) in [7, 11) is 0. The van der Waals surface area contributed by atoms with E-state index in [1.165, 1.54) is 12.2 Å². The number of nitrogens with one attached hydrogen (secondary N) is 2. The van der Waals surface area contributed by atoms with E-state index < -0.39 is 0 Å². The Bertz CT molecular complexity index is 611. The Hall–Kier alpha value is -2.02. The molecule has 0 fully saturated rings. The van der Waals surface area contributed by atoms with Crippen molar-refractivity contribution >= 4 is 17.7 Å². The third kappa shape index (κ3) is 6.23. The first kappa shape index (κ1) is 18.3. The number of nitrogens with zero attached hydrogens (tertiary/aromatic N) is 4. The number of aliphatic imine (C=N–C) groups is 1. The van der Waals surface area contributed by atoms with Gasteiger partial charge in [0, 0.05) is 31.7 Å². The first-order valence-electron chi connectivity index (χ1n) is 8.28. The van der Waals surface area contributed by atoms with Crippen molar-refractivity contribution in [3.05, 3.63) is 42.6 Å². The van der Waals surface area contributed by atoms with Gasteiger partial charge >= 0.3 is 0 Å². The van der Waals surface area contributed by atoms with Gasteiger partial charge in [0.05, 0.1) is 6.54 Å². The summed E-state index contributed by atoms with van der Waals surface area (Å²) in [4.78, 5) is 13.1. The SMILES string of the molecule is CCNC(=NCc1ccnc(-n2ccnc2)c1)NCCCCSC. The van der Waals surface area contributed by atoms with Crippen LogP contribution in [-0.2, 0) is 6.54 Å². The summed E-state index contributed by atoms with van der Waals surface area (Å²) in [6.45, 7) is 4.50. The molecular weight excluding hydrogens is 320 g/mol. The van der Waals surface area contributed by atoms with Crippen LogP contribution in [0, 0.1) is 0 Å². The highest BCUT2D eigenvalue weighted by molar-refractivity contribution is 7.98. The van der Waals surface area contributed by atoms with E-state index in [0.29, 0.717) is 6.54 Å². The van der Waals surface area contributed by atoms with Crippen molar-refractivity contribution in [1.82, 2.24) is 25.2 Å². The first-order valence-corrected chi connectivity index (χ1v) is 9.67. The third-order valence-corrected chi connectivity index (χ3v) is 4.11. The smallest absolute Gasteiger partial charge is 0.191 e. The normalized spacial score (nSPS) is 11.5. The predicted octanol–water partition coefficient (Wildman–Crippen LogP) is 2.47. The average Bonchev–Trinajstić information content (AvgIpc) is 3.14. The summed E-state index contributed by atoms with van der Waals surface area (Å²) in [6, 6.07) is 4.03. The number of rotatable bonds is 9. The molecule has 130 valence electrons. The number of aromatic nitrogens is 3. The Morgan fingerprint density at radius 1 is 1.29 bits per heavy atom. The molecule has 0 amide bonds. The summed E-state index contributed by atoms with van der Waals surface area (Å²) >= 11 is 1.89. The van der Waals surface area contributed by atoms with Crippen molar-refractivity contribution in [2.24, 2.45) is 4.99 Å². The van der Waals surface area contributed by atoms with Crippen molar-refractivity contribution in [3.8, 4) is 5.82 Å². The molecule has 0 bridgehead atoms. The molecule has 2 aromatic rings. The molecule has 2 aromatic heterocycles. The molecule has 7 heteroatoms. The van der Waals surface area contributed by atoms with Gasteiger partial charge in [0.2, 0.25) is 0 Å². The van der Waals surface area contributed by atoms with Gasteiger partial charge in [0.15, 0.2) is 5.96 Å². The van der Waals surface area contributed by atoms with Gasteiger partial charge in [-0.05, 0) is 49.5 Å². The minimum absolute atomic E-state index is 0.615. The Labute approximate surface area is 148 Å². The number of thioether (sulfide) groups is 1. The Balaban J connectivity index is 1.91. The van der Waals surface area contributed by atoms with E-state index in [9.17, 15) is 0 Å². The van der Waals surface area contributed by atoms with E-state index in [0.717, 1.165) is 36.9 Å². The van der Waals surface area contributed by atoms with E-state index in [4.69, 9.17) is 0 Å². The van der Waals surface area contributed by atoms with Crippen LogP contribution in [0.1, 0.15) is 25.3 Å². The monoisotopic (exact) mass is 346 g/mol. The molecular formula is C17H26N6S. The van der Waals surface area contributed by atoms with Gasteiger partial charge < -0.3 is 10.6 Å². The first-order chi connectivity index (χ1) is 11.8. The largest absolute Gasteiger partial charge is 0.357 e. The van der Waals surface area contributed by atoms with Gasteiger partial charge in [-0.3, -0.25) is 4.57 Å². The van der Waals surface area contributed by atoms with Gasteiger partial charge in [-0.1, -0.05) is 0 Å².